The Balaban J connectivity index is 1.92. The topological polar surface area (TPSA) is 15.3 Å². The summed E-state index contributed by atoms with van der Waals surface area (Å²) in [6, 6.07) is 6.00. The molecular formula is C16H21F3N2. The molecule has 1 aromatic rings. The van der Waals surface area contributed by atoms with Gasteiger partial charge in [-0.15, -0.1) is 0 Å². The number of benzene rings is 1. The lowest BCUT2D eigenvalue weighted by Gasteiger charge is -2.41. The van der Waals surface area contributed by atoms with Crippen LogP contribution in [-0.4, -0.2) is 25.2 Å². The maximum atomic E-state index is 13.1. The Bertz CT molecular complexity index is 513. The Labute approximate surface area is 123 Å². The minimum absolute atomic E-state index is 0.295. The Morgan fingerprint density at radius 2 is 1.76 bits per heavy atom. The molecule has 0 radical (unpaired) electrons. The van der Waals surface area contributed by atoms with Crippen LogP contribution in [0.3, 0.4) is 0 Å². The number of rotatable bonds is 2. The molecule has 5 heteroatoms. The zero-order chi connectivity index (χ0) is 15.2. The monoisotopic (exact) mass is 298 g/mol. The van der Waals surface area contributed by atoms with Crippen molar-refractivity contribution in [2.24, 2.45) is 0 Å². The average Bonchev–Trinajstić information content (AvgIpc) is 2.69. The molecule has 0 aliphatic carbocycles. The van der Waals surface area contributed by atoms with Crippen molar-refractivity contribution in [3.8, 4) is 0 Å². The number of alkyl halides is 3. The second-order valence-corrected chi connectivity index (χ2v) is 6.25. The molecular weight excluding hydrogens is 277 g/mol. The van der Waals surface area contributed by atoms with Crippen LogP contribution in [0.2, 0.25) is 0 Å². The molecule has 2 bridgehead atoms. The number of hydrogen-bond donors (Lipinski definition) is 1. The van der Waals surface area contributed by atoms with E-state index in [-0.39, 0.29) is 0 Å². The highest BCUT2D eigenvalue weighted by atomic mass is 19.4. The summed E-state index contributed by atoms with van der Waals surface area (Å²) in [7, 11) is 1.97. The van der Waals surface area contributed by atoms with Crippen molar-refractivity contribution >= 4 is 5.69 Å². The van der Waals surface area contributed by atoms with E-state index in [1.807, 2.05) is 13.1 Å². The van der Waals surface area contributed by atoms with Gasteiger partial charge in [0, 0.05) is 23.8 Å². The molecule has 1 N–H and O–H groups in total. The standard InChI is InChI=1S/C16H21F3N2/c1-10-3-4-14(9-15(10)16(17,18)19)21-12-5-6-13(21)8-11(7-12)20-2/h3-4,9,11-13,20H,5-8H2,1-2H3. The van der Waals surface area contributed by atoms with E-state index < -0.39 is 11.7 Å². The van der Waals surface area contributed by atoms with Crippen LogP contribution in [0.25, 0.3) is 0 Å². The number of piperidine rings is 1. The molecule has 1 aromatic carbocycles. The molecule has 21 heavy (non-hydrogen) atoms. The maximum absolute atomic E-state index is 13.1. The van der Waals surface area contributed by atoms with E-state index >= 15 is 0 Å². The number of hydrogen-bond acceptors (Lipinski definition) is 2. The third-order valence-electron chi connectivity index (χ3n) is 4.97. The van der Waals surface area contributed by atoms with Gasteiger partial charge in [-0.1, -0.05) is 6.07 Å². The van der Waals surface area contributed by atoms with Gasteiger partial charge in [0.2, 0.25) is 0 Å². The van der Waals surface area contributed by atoms with Crippen LogP contribution in [-0.2, 0) is 6.18 Å². The minimum Gasteiger partial charge on any atom is -0.365 e. The van der Waals surface area contributed by atoms with Crippen LogP contribution in [0.15, 0.2) is 18.2 Å². The van der Waals surface area contributed by atoms with Gasteiger partial charge in [0.25, 0.3) is 0 Å². The van der Waals surface area contributed by atoms with Crippen LogP contribution >= 0.6 is 0 Å². The number of halogens is 3. The van der Waals surface area contributed by atoms with E-state index in [1.54, 1.807) is 6.07 Å². The molecule has 2 heterocycles. The van der Waals surface area contributed by atoms with Gasteiger partial charge < -0.3 is 10.2 Å². The molecule has 2 saturated heterocycles. The fourth-order valence-corrected chi connectivity index (χ4v) is 3.91. The van der Waals surface area contributed by atoms with Crippen molar-refractivity contribution < 1.29 is 13.2 Å². The maximum Gasteiger partial charge on any atom is 0.416 e. The molecule has 116 valence electrons. The number of nitrogens with one attached hydrogen (secondary N) is 1. The normalized spacial score (nSPS) is 29.0. The molecule has 2 nitrogen and oxygen atoms in total. The van der Waals surface area contributed by atoms with Crippen molar-refractivity contribution in [3.63, 3.8) is 0 Å². The quantitative estimate of drug-likeness (QED) is 0.895. The van der Waals surface area contributed by atoms with Gasteiger partial charge in [0.1, 0.15) is 0 Å². The molecule has 0 amide bonds. The number of aryl methyl sites for hydroxylation is 1. The Hall–Kier alpha value is -1.23. The van der Waals surface area contributed by atoms with Crippen LogP contribution in [0.5, 0.6) is 0 Å². The van der Waals surface area contributed by atoms with Gasteiger partial charge in [0.05, 0.1) is 5.56 Å². The van der Waals surface area contributed by atoms with E-state index in [2.05, 4.69) is 10.2 Å². The summed E-state index contributed by atoms with van der Waals surface area (Å²) in [4.78, 5) is 2.22. The fourth-order valence-electron chi connectivity index (χ4n) is 3.91. The van der Waals surface area contributed by atoms with Crippen molar-refractivity contribution in [1.82, 2.24) is 5.32 Å². The molecule has 2 unspecified atom stereocenters. The van der Waals surface area contributed by atoms with Crippen LogP contribution in [0.4, 0.5) is 18.9 Å². The highest BCUT2D eigenvalue weighted by Gasteiger charge is 2.41. The van der Waals surface area contributed by atoms with Crippen LogP contribution in [0, 0.1) is 6.92 Å². The molecule has 3 rings (SSSR count). The first-order valence-electron chi connectivity index (χ1n) is 7.53. The number of fused-ring (bicyclic) bond motifs is 2. The fraction of sp³-hybridized carbons (Fsp3) is 0.625. The predicted octanol–water partition coefficient (Wildman–Crippen LogP) is 3.73. The van der Waals surface area contributed by atoms with E-state index in [4.69, 9.17) is 0 Å². The SMILES string of the molecule is CNC1CC2CCC(C1)N2c1ccc(C)c(C(F)(F)F)c1. The van der Waals surface area contributed by atoms with Crippen LogP contribution in [0.1, 0.15) is 36.8 Å². The lowest BCUT2D eigenvalue weighted by atomic mass is 9.96. The van der Waals surface area contributed by atoms with E-state index in [0.717, 1.165) is 31.4 Å². The van der Waals surface area contributed by atoms with Gasteiger partial charge in [0.15, 0.2) is 0 Å². The Kier molecular flexibility index (Phi) is 3.64. The lowest BCUT2D eigenvalue weighted by Crippen LogP contribution is -2.48. The van der Waals surface area contributed by atoms with Crippen molar-refractivity contribution in [2.45, 2.75) is 56.9 Å². The second-order valence-electron chi connectivity index (χ2n) is 6.25. The van der Waals surface area contributed by atoms with Crippen molar-refractivity contribution in [1.29, 1.82) is 0 Å². The molecule has 0 saturated carbocycles. The van der Waals surface area contributed by atoms with Gasteiger partial charge in [-0.3, -0.25) is 0 Å². The average molecular weight is 298 g/mol. The summed E-state index contributed by atoms with van der Waals surface area (Å²) in [5.74, 6) is 0. The number of nitrogens with zero attached hydrogens (tertiary/aromatic N) is 1. The number of anilines is 1. The van der Waals surface area contributed by atoms with Gasteiger partial charge in [-0.2, -0.15) is 13.2 Å². The second kappa shape index (κ2) is 5.20. The third-order valence-corrected chi connectivity index (χ3v) is 4.97. The first kappa shape index (κ1) is 14.7. The summed E-state index contributed by atoms with van der Waals surface area (Å²) in [6.45, 7) is 1.52. The largest absolute Gasteiger partial charge is 0.416 e. The first-order valence-corrected chi connectivity index (χ1v) is 7.53. The smallest absolute Gasteiger partial charge is 0.365 e. The predicted molar refractivity (Wildman–Crippen MR) is 77.6 cm³/mol. The zero-order valence-electron chi connectivity index (χ0n) is 12.4. The molecule has 2 fully saturated rings. The molecule has 2 atom stereocenters. The van der Waals surface area contributed by atoms with Crippen molar-refractivity contribution in [2.75, 3.05) is 11.9 Å². The van der Waals surface area contributed by atoms with Gasteiger partial charge >= 0.3 is 6.18 Å². The van der Waals surface area contributed by atoms with Gasteiger partial charge in [-0.05, 0) is 57.4 Å². The van der Waals surface area contributed by atoms with Crippen molar-refractivity contribution in [3.05, 3.63) is 29.3 Å². The zero-order valence-corrected chi connectivity index (χ0v) is 12.4. The summed E-state index contributed by atoms with van der Waals surface area (Å²) >= 11 is 0. The Morgan fingerprint density at radius 1 is 1.14 bits per heavy atom. The summed E-state index contributed by atoms with van der Waals surface area (Å²) < 4.78 is 39.3. The summed E-state index contributed by atoms with van der Waals surface area (Å²) in [5, 5.41) is 3.31. The van der Waals surface area contributed by atoms with Gasteiger partial charge in [-0.25, -0.2) is 0 Å². The minimum atomic E-state index is -4.28. The lowest BCUT2D eigenvalue weighted by molar-refractivity contribution is -0.138. The molecule has 0 spiro atoms. The third kappa shape index (κ3) is 2.63. The van der Waals surface area contributed by atoms with E-state index in [9.17, 15) is 13.2 Å². The summed E-state index contributed by atoms with van der Waals surface area (Å²) in [6.07, 6.45) is -0.0803. The first-order chi connectivity index (χ1) is 9.90. The Morgan fingerprint density at radius 3 is 2.29 bits per heavy atom. The van der Waals surface area contributed by atoms with E-state index in [1.165, 1.54) is 13.0 Å². The molecule has 2 aliphatic rings. The van der Waals surface area contributed by atoms with E-state index in [0.29, 0.717) is 23.7 Å². The molecule has 2 aliphatic heterocycles. The summed E-state index contributed by atoms with van der Waals surface area (Å²) in [5.41, 5.74) is 0.522. The molecule has 0 aromatic heterocycles. The highest BCUT2D eigenvalue weighted by molar-refractivity contribution is 5.54. The van der Waals surface area contributed by atoms with Crippen LogP contribution < -0.4 is 10.2 Å². The highest BCUT2D eigenvalue weighted by Crippen LogP contribution is 2.41.